The van der Waals surface area contributed by atoms with Crippen molar-refractivity contribution in [3.63, 3.8) is 0 Å². The minimum atomic E-state index is 0.557. The molecule has 0 fully saturated rings. The second kappa shape index (κ2) is 5.95. The highest BCUT2D eigenvalue weighted by Gasteiger charge is 2.20. The Balaban J connectivity index is 1.75. The predicted molar refractivity (Wildman–Crippen MR) is 81.4 cm³/mol. The quantitative estimate of drug-likeness (QED) is 0.919. The van der Waals surface area contributed by atoms with Crippen molar-refractivity contribution in [2.24, 2.45) is 0 Å². The Kier molecular flexibility index (Phi) is 3.86. The summed E-state index contributed by atoms with van der Waals surface area (Å²) in [5.41, 5.74) is 4.05. The highest BCUT2D eigenvalue weighted by Crippen LogP contribution is 2.34. The molecule has 104 valence electrons. The van der Waals surface area contributed by atoms with Gasteiger partial charge in [-0.25, -0.2) is 0 Å². The number of ether oxygens (including phenoxy) is 1. The van der Waals surface area contributed by atoms with Crippen LogP contribution in [0.3, 0.4) is 0 Å². The molecule has 0 amide bonds. The number of benzene rings is 1. The lowest BCUT2D eigenvalue weighted by molar-refractivity contribution is 0.412. The van der Waals surface area contributed by atoms with E-state index in [1.165, 1.54) is 30.4 Å². The molecule has 0 aliphatic heterocycles. The second-order valence-corrected chi connectivity index (χ2v) is 5.27. The summed E-state index contributed by atoms with van der Waals surface area (Å²) in [6, 6.07) is 10.5. The molecule has 0 bridgehead atoms. The topological polar surface area (TPSA) is 34.1 Å². The van der Waals surface area contributed by atoms with Gasteiger partial charge < -0.3 is 10.1 Å². The molecule has 1 N–H and O–H groups in total. The van der Waals surface area contributed by atoms with Crippen LogP contribution in [0, 0.1) is 0 Å². The van der Waals surface area contributed by atoms with E-state index in [2.05, 4.69) is 28.5 Å². The lowest BCUT2D eigenvalue weighted by atomic mass is 9.82. The number of aryl methyl sites for hydroxylation is 1. The number of hydrogen-bond donors (Lipinski definition) is 1. The number of anilines is 1. The molecule has 1 aromatic carbocycles. The van der Waals surface area contributed by atoms with Gasteiger partial charge in [-0.2, -0.15) is 0 Å². The third kappa shape index (κ3) is 2.77. The van der Waals surface area contributed by atoms with Gasteiger partial charge in [0.1, 0.15) is 5.75 Å². The summed E-state index contributed by atoms with van der Waals surface area (Å²) in [4.78, 5) is 4.04. The minimum Gasteiger partial charge on any atom is -0.497 e. The van der Waals surface area contributed by atoms with Crippen LogP contribution in [0.2, 0.25) is 0 Å². The van der Waals surface area contributed by atoms with Crippen LogP contribution >= 0.6 is 0 Å². The summed E-state index contributed by atoms with van der Waals surface area (Å²) in [6.45, 7) is 0.962. The number of pyridine rings is 1. The molecule has 3 nitrogen and oxygen atoms in total. The SMILES string of the molecule is COc1ccc2c(c1)C(CNc1ccncc1)CCC2. The zero-order valence-corrected chi connectivity index (χ0v) is 11.8. The summed E-state index contributed by atoms with van der Waals surface area (Å²) in [7, 11) is 1.73. The molecule has 1 aliphatic rings. The highest BCUT2D eigenvalue weighted by molar-refractivity contribution is 5.44. The van der Waals surface area contributed by atoms with E-state index in [9.17, 15) is 0 Å². The van der Waals surface area contributed by atoms with Gasteiger partial charge in [-0.3, -0.25) is 4.98 Å². The predicted octanol–water partition coefficient (Wildman–Crippen LogP) is 3.62. The van der Waals surface area contributed by atoms with Gasteiger partial charge in [0.15, 0.2) is 0 Å². The fraction of sp³-hybridized carbons (Fsp3) is 0.353. The van der Waals surface area contributed by atoms with E-state index in [0.29, 0.717) is 5.92 Å². The van der Waals surface area contributed by atoms with Crippen molar-refractivity contribution in [3.8, 4) is 5.75 Å². The zero-order valence-electron chi connectivity index (χ0n) is 11.8. The van der Waals surface area contributed by atoms with Gasteiger partial charge in [-0.1, -0.05) is 6.07 Å². The van der Waals surface area contributed by atoms with Crippen LogP contribution < -0.4 is 10.1 Å². The number of methoxy groups -OCH3 is 1. The monoisotopic (exact) mass is 268 g/mol. The van der Waals surface area contributed by atoms with Crippen LogP contribution in [0.4, 0.5) is 5.69 Å². The summed E-state index contributed by atoms with van der Waals surface area (Å²) in [5.74, 6) is 1.52. The number of hydrogen-bond acceptors (Lipinski definition) is 3. The van der Waals surface area contributed by atoms with E-state index in [4.69, 9.17) is 4.74 Å². The maximum Gasteiger partial charge on any atom is 0.119 e. The standard InChI is InChI=1S/C17H20N2O/c1-20-16-6-5-13-3-2-4-14(17(13)11-16)12-19-15-7-9-18-10-8-15/h5-11,14H,2-4,12H2,1H3,(H,18,19). The first-order valence-electron chi connectivity index (χ1n) is 7.17. The molecule has 1 aromatic heterocycles. The van der Waals surface area contributed by atoms with Gasteiger partial charge in [0.25, 0.3) is 0 Å². The molecule has 20 heavy (non-hydrogen) atoms. The second-order valence-electron chi connectivity index (χ2n) is 5.27. The Morgan fingerprint density at radius 1 is 1.25 bits per heavy atom. The molecule has 3 heteroatoms. The van der Waals surface area contributed by atoms with Crippen LogP contribution in [-0.4, -0.2) is 18.6 Å². The third-order valence-electron chi connectivity index (χ3n) is 4.02. The molecule has 0 saturated heterocycles. The largest absolute Gasteiger partial charge is 0.497 e. The maximum atomic E-state index is 5.36. The third-order valence-corrected chi connectivity index (χ3v) is 4.02. The van der Waals surface area contributed by atoms with Crippen LogP contribution in [0.1, 0.15) is 29.9 Å². The van der Waals surface area contributed by atoms with Gasteiger partial charge in [-0.05, 0) is 54.7 Å². The van der Waals surface area contributed by atoms with Crippen LogP contribution in [0.5, 0.6) is 5.75 Å². The Morgan fingerprint density at radius 3 is 2.90 bits per heavy atom. The number of aromatic nitrogens is 1. The molecule has 1 atom stereocenters. The molecule has 0 radical (unpaired) electrons. The molecule has 2 aromatic rings. The number of nitrogens with zero attached hydrogens (tertiary/aromatic N) is 1. The first kappa shape index (κ1) is 13.0. The van der Waals surface area contributed by atoms with E-state index in [-0.39, 0.29) is 0 Å². The fourth-order valence-corrected chi connectivity index (χ4v) is 2.92. The Labute approximate surface area is 120 Å². The van der Waals surface area contributed by atoms with Crippen LogP contribution in [0.15, 0.2) is 42.7 Å². The van der Waals surface area contributed by atoms with E-state index in [0.717, 1.165) is 18.0 Å². The first-order chi connectivity index (χ1) is 9.86. The average molecular weight is 268 g/mol. The summed E-state index contributed by atoms with van der Waals surface area (Å²) in [5, 5.41) is 3.51. The van der Waals surface area contributed by atoms with Crippen molar-refractivity contribution in [1.82, 2.24) is 4.98 Å². The van der Waals surface area contributed by atoms with Crippen LogP contribution in [-0.2, 0) is 6.42 Å². The Bertz CT molecular complexity index is 568. The maximum absolute atomic E-state index is 5.36. The smallest absolute Gasteiger partial charge is 0.119 e. The fourth-order valence-electron chi connectivity index (χ4n) is 2.92. The summed E-state index contributed by atoms with van der Waals surface area (Å²) in [6.07, 6.45) is 7.33. The lowest BCUT2D eigenvalue weighted by Crippen LogP contribution is -2.18. The molecular formula is C17H20N2O. The first-order valence-corrected chi connectivity index (χ1v) is 7.17. The van der Waals surface area contributed by atoms with Gasteiger partial charge in [0.2, 0.25) is 0 Å². The molecule has 3 rings (SSSR count). The summed E-state index contributed by atoms with van der Waals surface area (Å²) < 4.78 is 5.36. The number of fused-ring (bicyclic) bond motifs is 1. The van der Waals surface area contributed by atoms with Crippen molar-refractivity contribution in [1.29, 1.82) is 0 Å². The molecule has 0 spiro atoms. The van der Waals surface area contributed by atoms with Gasteiger partial charge in [-0.15, -0.1) is 0 Å². The van der Waals surface area contributed by atoms with Gasteiger partial charge in [0, 0.05) is 30.5 Å². The molecule has 1 heterocycles. The Hall–Kier alpha value is -2.03. The van der Waals surface area contributed by atoms with Crippen molar-refractivity contribution in [2.75, 3.05) is 19.0 Å². The molecule has 1 aliphatic carbocycles. The normalized spacial score (nSPS) is 17.4. The van der Waals surface area contributed by atoms with E-state index in [1.807, 2.05) is 24.5 Å². The lowest BCUT2D eigenvalue weighted by Gasteiger charge is -2.26. The van der Waals surface area contributed by atoms with Crippen molar-refractivity contribution >= 4 is 5.69 Å². The minimum absolute atomic E-state index is 0.557. The van der Waals surface area contributed by atoms with E-state index >= 15 is 0 Å². The Morgan fingerprint density at radius 2 is 2.10 bits per heavy atom. The molecule has 1 unspecified atom stereocenters. The van der Waals surface area contributed by atoms with Crippen molar-refractivity contribution < 1.29 is 4.74 Å². The molecule has 0 saturated carbocycles. The van der Waals surface area contributed by atoms with Crippen molar-refractivity contribution in [2.45, 2.75) is 25.2 Å². The van der Waals surface area contributed by atoms with E-state index in [1.54, 1.807) is 7.11 Å². The average Bonchev–Trinajstić information content (AvgIpc) is 2.53. The number of nitrogens with one attached hydrogen (secondary N) is 1. The van der Waals surface area contributed by atoms with Gasteiger partial charge in [0.05, 0.1) is 7.11 Å². The highest BCUT2D eigenvalue weighted by atomic mass is 16.5. The van der Waals surface area contributed by atoms with Gasteiger partial charge >= 0.3 is 0 Å². The summed E-state index contributed by atoms with van der Waals surface area (Å²) >= 11 is 0. The number of rotatable bonds is 4. The van der Waals surface area contributed by atoms with E-state index < -0.39 is 0 Å². The van der Waals surface area contributed by atoms with Crippen LogP contribution in [0.25, 0.3) is 0 Å². The molecular weight excluding hydrogens is 248 g/mol. The zero-order chi connectivity index (χ0) is 13.8. The van der Waals surface area contributed by atoms with Crippen molar-refractivity contribution in [3.05, 3.63) is 53.9 Å².